The van der Waals surface area contributed by atoms with Crippen molar-refractivity contribution < 1.29 is 29.2 Å². The third-order valence-electron chi connectivity index (χ3n) is 9.37. The predicted octanol–water partition coefficient (Wildman–Crippen LogP) is 11.3. The Hall–Kier alpha value is -6.23. The van der Waals surface area contributed by atoms with Gasteiger partial charge in [-0.25, -0.2) is 33.5 Å². The number of pyridine rings is 2. The third kappa shape index (κ3) is 13.9. The van der Waals surface area contributed by atoms with Gasteiger partial charge in [0, 0.05) is 70.4 Å². The first-order valence-corrected chi connectivity index (χ1v) is 20.6. The number of carboxylic acids is 1. The summed E-state index contributed by atoms with van der Waals surface area (Å²) >= 11 is 12.0. The number of amides is 1. The zero-order valence-corrected chi connectivity index (χ0v) is 36.4. The summed E-state index contributed by atoms with van der Waals surface area (Å²) in [7, 11) is -1.00. The standard InChI is InChI=1S/C22H21ClFN5O.C19H16ClFN4O2.C3H7N.CH3F.CH4/c1-12(2)16-11-26-20(15-9-13(23)3-6-18(15)24)29-21(16)28-19-7-8-25-10-17(19)22(30)27-14-4-5-14;1-10(2)13-9-23-17(12-7-11(20)3-4-15(12)21)25-18(13)24-16-5-6-22-8-14(16)19(26)27;4-3-1-2-3;1-2;/h3,6-12,14H,4-5H2,1-2H3,(H,27,30)(H,25,26,28,29);3-10H,1-2H3,(H,26,27)(H,22,23,24,25);3H,1-2,4H2;1H3;1H4/i;;;1D;. The molecule has 6 aromatic rings. The Morgan fingerprint density at radius 1 is 0.750 bits per heavy atom. The number of carboxylic acid groups (broad SMARTS) is 1. The molecule has 2 fully saturated rings. The Kier molecular flexibility index (Phi) is 17.9. The molecule has 2 saturated carbocycles. The van der Waals surface area contributed by atoms with Crippen LogP contribution in [0.4, 0.5) is 36.2 Å². The van der Waals surface area contributed by atoms with Crippen LogP contribution in [0.1, 0.15) is 106 Å². The second-order valence-corrected chi connectivity index (χ2v) is 15.9. The van der Waals surface area contributed by atoms with E-state index in [9.17, 15) is 27.9 Å². The maximum atomic E-state index is 14.4. The van der Waals surface area contributed by atoms with E-state index in [4.69, 9.17) is 30.3 Å². The first kappa shape index (κ1) is 48.8. The lowest BCUT2D eigenvalue weighted by atomic mass is 10.1. The highest BCUT2D eigenvalue weighted by Gasteiger charge is 2.26. The summed E-state index contributed by atoms with van der Waals surface area (Å²) < 4.78 is 44.0. The van der Waals surface area contributed by atoms with E-state index in [0.29, 0.717) is 44.7 Å². The van der Waals surface area contributed by atoms with Crippen LogP contribution in [0.5, 0.6) is 0 Å². The van der Waals surface area contributed by atoms with Gasteiger partial charge in [0.05, 0.1) is 36.6 Å². The molecule has 18 heteroatoms. The third-order valence-corrected chi connectivity index (χ3v) is 9.84. The van der Waals surface area contributed by atoms with E-state index in [-0.39, 0.29) is 59.6 Å². The van der Waals surface area contributed by atoms with Gasteiger partial charge in [0.15, 0.2) is 11.6 Å². The summed E-state index contributed by atoms with van der Waals surface area (Å²) in [5, 5.41) is 19.3. The van der Waals surface area contributed by atoms with Gasteiger partial charge in [-0.05, 0) is 86.1 Å². The largest absolute Gasteiger partial charge is 0.478 e. The molecule has 0 bridgehead atoms. The van der Waals surface area contributed by atoms with E-state index < -0.39 is 24.8 Å². The summed E-state index contributed by atoms with van der Waals surface area (Å²) in [4.78, 5) is 49.5. The minimum atomic E-state index is -1.12. The number of nitrogens with two attached hydrogens (primary N) is 1. The van der Waals surface area contributed by atoms with Crippen molar-refractivity contribution in [2.45, 2.75) is 84.7 Å². The first-order chi connectivity index (χ1) is 30.6. The van der Waals surface area contributed by atoms with E-state index in [1.165, 1.54) is 73.9 Å². The van der Waals surface area contributed by atoms with Crippen molar-refractivity contribution in [1.29, 1.82) is 0 Å². The zero-order chi connectivity index (χ0) is 46.5. The van der Waals surface area contributed by atoms with Crippen LogP contribution in [0.25, 0.3) is 22.8 Å². The van der Waals surface area contributed by atoms with Crippen molar-refractivity contribution in [2.24, 2.45) is 5.73 Å². The minimum absolute atomic E-state index is 0. The van der Waals surface area contributed by atoms with Crippen LogP contribution < -0.4 is 21.7 Å². The zero-order valence-electron chi connectivity index (χ0n) is 35.8. The predicted molar refractivity (Wildman–Crippen MR) is 247 cm³/mol. The number of halogens is 5. The van der Waals surface area contributed by atoms with Crippen molar-refractivity contribution in [2.75, 3.05) is 17.8 Å². The topological polar surface area (TPSA) is 194 Å². The molecular formula is C46H51Cl2F3N10O3. The lowest BCUT2D eigenvalue weighted by molar-refractivity contribution is 0.0697. The number of aromatic carboxylic acids is 1. The quantitative estimate of drug-likeness (QED) is 0.0827. The second-order valence-electron chi connectivity index (χ2n) is 15.0. The summed E-state index contributed by atoms with van der Waals surface area (Å²) in [6, 6.07) is 12.5. The average Bonchev–Trinajstić information content (AvgIpc) is 4.22. The summed E-state index contributed by atoms with van der Waals surface area (Å²) in [6.45, 7) is 7.93. The van der Waals surface area contributed by atoms with Crippen LogP contribution in [-0.2, 0) is 0 Å². The summed E-state index contributed by atoms with van der Waals surface area (Å²) in [6.07, 6.45) is 13.6. The highest BCUT2D eigenvalue weighted by atomic mass is 35.5. The molecule has 0 radical (unpaired) electrons. The molecule has 64 heavy (non-hydrogen) atoms. The van der Waals surface area contributed by atoms with Gasteiger partial charge in [-0.3, -0.25) is 19.2 Å². The van der Waals surface area contributed by atoms with Gasteiger partial charge in [0.1, 0.15) is 28.8 Å². The van der Waals surface area contributed by atoms with E-state index in [2.05, 4.69) is 45.9 Å². The van der Waals surface area contributed by atoms with Gasteiger partial charge in [-0.1, -0.05) is 58.3 Å². The maximum absolute atomic E-state index is 14.4. The van der Waals surface area contributed by atoms with Gasteiger partial charge in [-0.15, -0.1) is 0 Å². The monoisotopic (exact) mass is 919 g/mol. The molecule has 0 aliphatic heterocycles. The molecule has 2 aliphatic rings. The number of hydrogen-bond donors (Lipinski definition) is 5. The van der Waals surface area contributed by atoms with Crippen LogP contribution in [0.2, 0.25) is 10.0 Å². The van der Waals surface area contributed by atoms with E-state index in [1.54, 1.807) is 24.7 Å². The molecule has 0 saturated heterocycles. The number of rotatable bonds is 11. The van der Waals surface area contributed by atoms with Crippen molar-refractivity contribution in [3.63, 3.8) is 0 Å². The van der Waals surface area contributed by atoms with Crippen LogP contribution in [0, 0.1) is 11.6 Å². The number of alkyl halides is 1. The van der Waals surface area contributed by atoms with Gasteiger partial charge in [-0.2, -0.15) is 0 Å². The van der Waals surface area contributed by atoms with Crippen LogP contribution in [-0.4, -0.2) is 66.1 Å². The number of nitrogens with zero attached hydrogens (tertiary/aromatic N) is 6. The maximum Gasteiger partial charge on any atom is 0.339 e. The number of hydrogen-bond acceptors (Lipinski definition) is 11. The van der Waals surface area contributed by atoms with E-state index in [0.717, 1.165) is 24.0 Å². The Bertz CT molecular complexity index is 2570. The fourth-order valence-electron chi connectivity index (χ4n) is 5.63. The molecule has 0 atom stereocenters. The average molecular weight is 921 g/mol. The Labute approximate surface area is 382 Å². The normalized spacial score (nSPS) is 12.8. The number of carbonyl (C=O) groups excluding carboxylic acids is 1. The molecule has 4 heterocycles. The number of aromatic nitrogens is 6. The number of anilines is 4. The van der Waals surface area contributed by atoms with Crippen molar-refractivity contribution in [3.8, 4) is 22.8 Å². The van der Waals surface area contributed by atoms with Crippen molar-refractivity contribution >= 4 is 58.1 Å². The van der Waals surface area contributed by atoms with E-state index >= 15 is 0 Å². The molecule has 13 nitrogen and oxygen atoms in total. The molecule has 2 aromatic carbocycles. The molecule has 6 N–H and O–H groups in total. The molecule has 338 valence electrons. The van der Waals surface area contributed by atoms with E-state index in [1.807, 2.05) is 27.7 Å². The molecular weight excluding hydrogens is 868 g/mol. The fraction of sp³-hybridized carbons (Fsp3) is 0.304. The van der Waals surface area contributed by atoms with Crippen LogP contribution in [0.3, 0.4) is 0 Å². The molecule has 2 aliphatic carbocycles. The van der Waals surface area contributed by atoms with Crippen LogP contribution >= 0.6 is 23.2 Å². The second kappa shape index (κ2) is 23.5. The smallest absolute Gasteiger partial charge is 0.339 e. The lowest BCUT2D eigenvalue weighted by Crippen LogP contribution is -2.26. The van der Waals surface area contributed by atoms with Crippen LogP contribution in [0.15, 0.2) is 85.7 Å². The Morgan fingerprint density at radius 2 is 1.17 bits per heavy atom. The van der Waals surface area contributed by atoms with Gasteiger partial charge in [0.25, 0.3) is 5.91 Å². The summed E-state index contributed by atoms with van der Waals surface area (Å²) in [5.74, 6) is -0.857. The first-order valence-electron chi connectivity index (χ1n) is 20.5. The molecule has 8 rings (SSSR count). The SMILES string of the molecule is C.CC(C)c1cnc(-c2cc(Cl)ccc2F)nc1Nc1ccncc1C(=O)NC1CC1.CC(C)c1cnc(-c2cc(Cl)ccc2F)nc1Nc1ccncc1C(=O)O.NC1CC1.[2H]CF. The van der Waals surface area contributed by atoms with Gasteiger partial charge in [0.2, 0.25) is 0 Å². The molecule has 4 aromatic heterocycles. The minimum Gasteiger partial charge on any atom is -0.478 e. The number of nitrogens with one attached hydrogen (secondary N) is 3. The lowest BCUT2D eigenvalue weighted by Gasteiger charge is -2.16. The van der Waals surface area contributed by atoms with Gasteiger partial charge >= 0.3 is 5.97 Å². The highest BCUT2D eigenvalue weighted by Crippen LogP contribution is 2.33. The van der Waals surface area contributed by atoms with Crippen molar-refractivity contribution in [3.05, 3.63) is 130 Å². The molecule has 0 spiro atoms. The highest BCUT2D eigenvalue weighted by molar-refractivity contribution is 6.31. The van der Waals surface area contributed by atoms with Crippen molar-refractivity contribution in [1.82, 2.24) is 35.2 Å². The fourth-order valence-corrected chi connectivity index (χ4v) is 5.97. The molecule has 1 amide bonds. The number of benzene rings is 2. The Balaban J connectivity index is 0.000000245. The summed E-state index contributed by atoms with van der Waals surface area (Å²) in [5.41, 5.74) is 8.52. The number of carbonyl (C=O) groups is 2. The van der Waals surface area contributed by atoms with Gasteiger partial charge < -0.3 is 26.8 Å². The molecule has 0 unspecified atom stereocenters. The Morgan fingerprint density at radius 3 is 1.56 bits per heavy atom.